The van der Waals surface area contributed by atoms with E-state index in [2.05, 4.69) is 4.98 Å². The van der Waals surface area contributed by atoms with Crippen molar-refractivity contribution in [3.05, 3.63) is 111 Å². The normalized spacial score (nSPS) is 14.4. The van der Waals surface area contributed by atoms with Crippen LogP contribution in [0, 0.1) is 25.2 Å². The lowest BCUT2D eigenvalue weighted by Crippen LogP contribution is -2.30. The van der Waals surface area contributed by atoms with Gasteiger partial charge in [-0.1, -0.05) is 43.7 Å². The molecule has 0 unspecified atom stereocenters. The van der Waals surface area contributed by atoms with Crippen LogP contribution in [0.4, 0.5) is 19.4 Å². The van der Waals surface area contributed by atoms with E-state index in [0.29, 0.717) is 0 Å². The number of benzene rings is 2. The Morgan fingerprint density at radius 2 is 1.79 bits per heavy atom. The van der Waals surface area contributed by atoms with Crippen molar-refractivity contribution in [1.82, 2.24) is 14.1 Å². The second-order valence-electron chi connectivity index (χ2n) is 9.04. The zero-order valence-corrected chi connectivity index (χ0v) is 21.1. The zero-order valence-electron chi connectivity index (χ0n) is 20.3. The molecule has 0 spiro atoms. The Morgan fingerprint density at radius 3 is 2.37 bits per heavy atom. The molecule has 6 nitrogen and oxygen atoms in total. The number of nitriles is 1. The summed E-state index contributed by atoms with van der Waals surface area (Å²) in [5, 5.41) is 19.5. The van der Waals surface area contributed by atoms with Crippen LogP contribution in [0.5, 0.6) is 0 Å². The second-order valence-corrected chi connectivity index (χ2v) is 11.4. The van der Waals surface area contributed by atoms with Gasteiger partial charge in [0.05, 0.1) is 30.2 Å². The SMILES string of the molecule is Cc1cn(-c2ccc(Cc3cc(C#N)cn([C@@H](CO)c4cccc(S(F)(F)(F)(F)F)c4)c3=O)cc2C)cn1. The van der Waals surface area contributed by atoms with Gasteiger partial charge in [-0.25, -0.2) is 4.98 Å². The third kappa shape index (κ3) is 5.64. The number of aromatic nitrogens is 3. The Hall–Kier alpha value is -3.95. The number of nitrogens with zero attached hydrogens (tertiary/aromatic N) is 4. The molecule has 0 amide bonds. The van der Waals surface area contributed by atoms with Gasteiger partial charge in [0, 0.05) is 30.1 Å². The number of aryl methyl sites for hydroxylation is 2. The van der Waals surface area contributed by atoms with Crippen LogP contribution in [0.1, 0.15) is 39.6 Å². The molecule has 0 fully saturated rings. The van der Waals surface area contributed by atoms with Crippen LogP contribution in [0.15, 0.2) is 76.9 Å². The lowest BCUT2D eigenvalue weighted by molar-refractivity contribution is 0.246. The summed E-state index contributed by atoms with van der Waals surface area (Å²) >= 11 is 0. The molecule has 2 aromatic heterocycles. The van der Waals surface area contributed by atoms with Gasteiger partial charge in [0.1, 0.15) is 11.0 Å². The number of halogens is 5. The molecule has 12 heteroatoms. The van der Waals surface area contributed by atoms with Gasteiger partial charge in [0.25, 0.3) is 5.56 Å². The largest absolute Gasteiger partial charge is 0.394 e. The summed E-state index contributed by atoms with van der Waals surface area (Å²) in [7, 11) is -10.00. The van der Waals surface area contributed by atoms with Gasteiger partial charge >= 0.3 is 10.2 Å². The number of pyridine rings is 1. The van der Waals surface area contributed by atoms with Crippen molar-refractivity contribution in [2.45, 2.75) is 31.2 Å². The molecule has 200 valence electrons. The number of aliphatic hydroxyl groups is 1. The highest BCUT2D eigenvalue weighted by Crippen LogP contribution is 3.02. The van der Waals surface area contributed by atoms with Gasteiger partial charge in [-0.15, -0.1) is 0 Å². The summed E-state index contributed by atoms with van der Waals surface area (Å²) in [4.78, 5) is 15.4. The molecule has 1 atom stereocenters. The van der Waals surface area contributed by atoms with E-state index in [1.54, 1.807) is 12.4 Å². The van der Waals surface area contributed by atoms with E-state index in [1.165, 1.54) is 6.07 Å². The van der Waals surface area contributed by atoms with Crippen molar-refractivity contribution in [3.8, 4) is 11.8 Å². The topological polar surface area (TPSA) is 83.8 Å². The van der Waals surface area contributed by atoms with Crippen molar-refractivity contribution < 1.29 is 24.5 Å². The van der Waals surface area contributed by atoms with Crippen LogP contribution >= 0.6 is 10.2 Å². The fourth-order valence-electron chi connectivity index (χ4n) is 4.29. The van der Waals surface area contributed by atoms with Gasteiger partial charge in [-0.2, -0.15) is 5.26 Å². The molecule has 0 saturated heterocycles. The standard InChI is InChI=1S/C26H23F5N4O2S/c1-17-8-19(6-7-24(17)34-13-18(2)33-16-34)9-22-10-20(12-32)14-35(26(22)37)25(15-36)21-4-3-5-23(11-21)38(27,28,29,30)31/h3-8,10-11,13-14,16,25,36H,9,15H2,1-2H3/t25-/m0/s1. The van der Waals surface area contributed by atoms with Crippen LogP contribution in [-0.2, 0) is 6.42 Å². The van der Waals surface area contributed by atoms with Crippen LogP contribution < -0.4 is 5.56 Å². The minimum atomic E-state index is -10.00. The Balaban J connectivity index is 1.75. The van der Waals surface area contributed by atoms with Crippen molar-refractivity contribution in [2.75, 3.05) is 6.61 Å². The lowest BCUT2D eigenvalue weighted by Gasteiger charge is -2.40. The van der Waals surface area contributed by atoms with E-state index < -0.39 is 33.3 Å². The van der Waals surface area contributed by atoms with Crippen molar-refractivity contribution in [3.63, 3.8) is 0 Å². The molecule has 38 heavy (non-hydrogen) atoms. The quantitative estimate of drug-likeness (QED) is 0.272. The van der Waals surface area contributed by atoms with Crippen molar-refractivity contribution in [1.29, 1.82) is 5.26 Å². The zero-order chi connectivity index (χ0) is 27.9. The highest BCUT2D eigenvalue weighted by atomic mass is 32.5. The lowest BCUT2D eigenvalue weighted by atomic mass is 10.0. The summed E-state index contributed by atoms with van der Waals surface area (Å²) in [6, 6.07) is 9.70. The summed E-state index contributed by atoms with van der Waals surface area (Å²) in [6.07, 6.45) is 4.71. The first-order valence-electron chi connectivity index (χ1n) is 11.3. The predicted octanol–water partition coefficient (Wildman–Crippen LogP) is 6.35. The van der Waals surface area contributed by atoms with E-state index in [1.807, 2.05) is 42.8 Å². The third-order valence-electron chi connectivity index (χ3n) is 6.09. The molecule has 0 aliphatic heterocycles. The maximum atomic E-state index is 13.4. The van der Waals surface area contributed by atoms with E-state index in [4.69, 9.17) is 0 Å². The van der Waals surface area contributed by atoms with E-state index in [-0.39, 0.29) is 35.2 Å². The maximum absolute atomic E-state index is 13.4. The molecular weight excluding hydrogens is 527 g/mol. The highest BCUT2D eigenvalue weighted by molar-refractivity contribution is 8.45. The summed E-state index contributed by atoms with van der Waals surface area (Å²) < 4.78 is 69.7. The molecule has 0 saturated carbocycles. The summed E-state index contributed by atoms with van der Waals surface area (Å²) in [6.45, 7) is 2.88. The second kappa shape index (κ2) is 8.82. The Kier molecular flexibility index (Phi) is 6.29. The number of aliphatic hydroxyl groups excluding tert-OH is 1. The molecule has 2 heterocycles. The minimum Gasteiger partial charge on any atom is -0.394 e. The molecule has 0 aliphatic carbocycles. The Bertz CT molecular complexity index is 1640. The molecule has 0 aliphatic rings. The number of rotatable bonds is 7. The van der Waals surface area contributed by atoms with Gasteiger partial charge < -0.3 is 14.2 Å². The predicted molar refractivity (Wildman–Crippen MR) is 134 cm³/mol. The molecule has 4 aromatic rings. The Labute approximate surface area is 215 Å². The van der Waals surface area contributed by atoms with Crippen LogP contribution in [0.3, 0.4) is 0 Å². The first kappa shape index (κ1) is 27.1. The fourth-order valence-corrected chi connectivity index (χ4v) is 4.98. The first-order valence-corrected chi connectivity index (χ1v) is 13.3. The van der Waals surface area contributed by atoms with Gasteiger partial charge in [-0.05, 0) is 54.8 Å². The van der Waals surface area contributed by atoms with Gasteiger partial charge in [-0.3, -0.25) is 4.79 Å². The molecule has 2 aromatic carbocycles. The minimum absolute atomic E-state index is 0.0177. The number of hydrogen-bond acceptors (Lipinski definition) is 4. The van der Waals surface area contributed by atoms with Crippen molar-refractivity contribution in [2.24, 2.45) is 0 Å². The van der Waals surface area contributed by atoms with Gasteiger partial charge in [0.2, 0.25) is 0 Å². The summed E-state index contributed by atoms with van der Waals surface area (Å²) in [5.74, 6) is 0. The smallest absolute Gasteiger partial charge is 0.310 e. The van der Waals surface area contributed by atoms with Crippen molar-refractivity contribution >= 4 is 10.2 Å². The molecule has 0 radical (unpaired) electrons. The number of hydrogen-bond donors (Lipinski definition) is 1. The highest BCUT2D eigenvalue weighted by Gasteiger charge is 2.65. The van der Waals surface area contributed by atoms with Crippen LogP contribution in [0.25, 0.3) is 5.69 Å². The van der Waals surface area contributed by atoms with E-state index in [0.717, 1.165) is 45.4 Å². The third-order valence-corrected chi connectivity index (χ3v) is 7.23. The first-order chi connectivity index (χ1) is 17.6. The Morgan fingerprint density at radius 1 is 1.05 bits per heavy atom. The molecular formula is C26H23F5N4O2S. The maximum Gasteiger partial charge on any atom is 0.310 e. The average Bonchev–Trinajstić information content (AvgIpc) is 3.26. The van der Waals surface area contributed by atoms with Crippen LogP contribution in [-0.4, -0.2) is 25.8 Å². The number of imidazole rings is 1. The van der Waals surface area contributed by atoms with Gasteiger partial charge in [0.15, 0.2) is 0 Å². The van der Waals surface area contributed by atoms with Crippen LogP contribution in [0.2, 0.25) is 0 Å². The fraction of sp³-hybridized carbons (Fsp3) is 0.192. The van der Waals surface area contributed by atoms with E-state index in [9.17, 15) is 34.6 Å². The van der Waals surface area contributed by atoms with E-state index >= 15 is 0 Å². The molecule has 4 rings (SSSR count). The molecule has 0 bridgehead atoms. The monoisotopic (exact) mass is 550 g/mol. The average molecular weight is 551 g/mol. The molecule has 1 N–H and O–H groups in total. The summed E-state index contributed by atoms with van der Waals surface area (Å²) in [5.41, 5.74) is 2.47.